The Morgan fingerprint density at radius 3 is 2.55 bits per heavy atom. The van der Waals surface area contributed by atoms with Crippen LogP contribution in [-0.2, 0) is 0 Å². The lowest BCUT2D eigenvalue weighted by Crippen LogP contribution is -2.29. The Morgan fingerprint density at radius 1 is 1.20 bits per heavy atom. The minimum absolute atomic E-state index is 0.444. The standard InChI is InChI=1S/C16H28N4/c1-12(2)15-9-14(4)18-16(19-15)17-10-13(3)11-20-7-5-6-8-20/h9,12-13H,5-8,10-11H2,1-4H3,(H,17,18,19). The van der Waals surface area contributed by atoms with Gasteiger partial charge in [-0.05, 0) is 50.8 Å². The number of hydrogen-bond donors (Lipinski definition) is 1. The molecule has 0 aromatic carbocycles. The zero-order chi connectivity index (χ0) is 14.5. The van der Waals surface area contributed by atoms with Crippen molar-refractivity contribution in [3.8, 4) is 0 Å². The van der Waals surface area contributed by atoms with Crippen LogP contribution >= 0.6 is 0 Å². The molecule has 1 unspecified atom stereocenters. The average Bonchev–Trinajstić information content (AvgIpc) is 2.88. The van der Waals surface area contributed by atoms with Crippen LogP contribution in [-0.4, -0.2) is 41.0 Å². The van der Waals surface area contributed by atoms with Gasteiger partial charge in [0.05, 0.1) is 0 Å². The normalized spacial score (nSPS) is 17.6. The molecule has 0 amide bonds. The van der Waals surface area contributed by atoms with E-state index in [4.69, 9.17) is 0 Å². The third-order valence-electron chi connectivity index (χ3n) is 3.84. The highest BCUT2D eigenvalue weighted by Gasteiger charge is 2.15. The van der Waals surface area contributed by atoms with Crippen molar-refractivity contribution in [1.29, 1.82) is 0 Å². The first-order valence-corrected chi connectivity index (χ1v) is 7.86. The lowest BCUT2D eigenvalue weighted by molar-refractivity contribution is 0.294. The van der Waals surface area contributed by atoms with E-state index in [1.54, 1.807) is 0 Å². The summed E-state index contributed by atoms with van der Waals surface area (Å²) in [7, 11) is 0. The van der Waals surface area contributed by atoms with Crippen LogP contribution in [0.25, 0.3) is 0 Å². The highest BCUT2D eigenvalue weighted by Crippen LogP contribution is 2.15. The molecule has 1 N–H and O–H groups in total. The largest absolute Gasteiger partial charge is 0.354 e. The summed E-state index contributed by atoms with van der Waals surface area (Å²) < 4.78 is 0. The summed E-state index contributed by atoms with van der Waals surface area (Å²) in [5.41, 5.74) is 2.16. The molecule has 4 heteroatoms. The number of nitrogens with zero attached hydrogens (tertiary/aromatic N) is 3. The quantitative estimate of drug-likeness (QED) is 0.867. The maximum Gasteiger partial charge on any atom is 0.223 e. The Hall–Kier alpha value is -1.16. The monoisotopic (exact) mass is 276 g/mol. The van der Waals surface area contributed by atoms with Gasteiger partial charge in [-0.1, -0.05) is 20.8 Å². The molecule has 1 aromatic rings. The molecule has 0 saturated carbocycles. The molecule has 2 rings (SSSR count). The maximum absolute atomic E-state index is 4.60. The second-order valence-electron chi connectivity index (χ2n) is 6.41. The third-order valence-corrected chi connectivity index (χ3v) is 3.84. The molecular formula is C16H28N4. The van der Waals surface area contributed by atoms with E-state index in [9.17, 15) is 0 Å². The van der Waals surface area contributed by atoms with E-state index in [0.29, 0.717) is 11.8 Å². The highest BCUT2D eigenvalue weighted by molar-refractivity contribution is 5.29. The van der Waals surface area contributed by atoms with Crippen molar-refractivity contribution in [3.63, 3.8) is 0 Å². The van der Waals surface area contributed by atoms with Crippen LogP contribution in [0.2, 0.25) is 0 Å². The smallest absolute Gasteiger partial charge is 0.223 e. The van der Waals surface area contributed by atoms with Gasteiger partial charge in [-0.3, -0.25) is 0 Å². The molecule has 1 aliphatic heterocycles. The number of anilines is 1. The molecule has 20 heavy (non-hydrogen) atoms. The zero-order valence-corrected chi connectivity index (χ0v) is 13.3. The summed E-state index contributed by atoms with van der Waals surface area (Å²) in [4.78, 5) is 11.6. The van der Waals surface area contributed by atoms with Crippen LogP contribution < -0.4 is 5.32 Å². The molecule has 1 atom stereocenters. The number of nitrogens with one attached hydrogen (secondary N) is 1. The fourth-order valence-corrected chi connectivity index (χ4v) is 2.70. The van der Waals surface area contributed by atoms with Crippen molar-refractivity contribution in [1.82, 2.24) is 14.9 Å². The first-order valence-electron chi connectivity index (χ1n) is 7.86. The van der Waals surface area contributed by atoms with Crippen LogP contribution in [0.15, 0.2) is 6.07 Å². The van der Waals surface area contributed by atoms with E-state index in [1.807, 2.05) is 6.92 Å². The molecule has 0 aliphatic carbocycles. The molecule has 0 bridgehead atoms. The molecule has 0 radical (unpaired) electrons. The maximum atomic E-state index is 4.60. The van der Waals surface area contributed by atoms with Crippen LogP contribution in [0.4, 0.5) is 5.95 Å². The van der Waals surface area contributed by atoms with Gasteiger partial charge < -0.3 is 10.2 Å². The topological polar surface area (TPSA) is 41.1 Å². The lowest BCUT2D eigenvalue weighted by Gasteiger charge is -2.20. The Kier molecular flexibility index (Phi) is 5.35. The number of likely N-dealkylation sites (tertiary alicyclic amines) is 1. The molecule has 1 fully saturated rings. The van der Waals surface area contributed by atoms with Crippen molar-refractivity contribution in [2.75, 3.05) is 31.5 Å². The molecule has 1 saturated heterocycles. The van der Waals surface area contributed by atoms with E-state index in [-0.39, 0.29) is 0 Å². The fraction of sp³-hybridized carbons (Fsp3) is 0.750. The molecule has 1 aliphatic rings. The van der Waals surface area contributed by atoms with Crippen molar-refractivity contribution in [3.05, 3.63) is 17.5 Å². The average molecular weight is 276 g/mol. The van der Waals surface area contributed by atoms with Crippen LogP contribution in [0.5, 0.6) is 0 Å². The van der Waals surface area contributed by atoms with E-state index in [2.05, 4.69) is 47.0 Å². The van der Waals surface area contributed by atoms with Crippen molar-refractivity contribution >= 4 is 5.95 Å². The van der Waals surface area contributed by atoms with E-state index < -0.39 is 0 Å². The van der Waals surface area contributed by atoms with Crippen molar-refractivity contribution in [2.45, 2.75) is 46.5 Å². The summed E-state index contributed by atoms with van der Waals surface area (Å²) in [6.45, 7) is 13.3. The van der Waals surface area contributed by atoms with Crippen LogP contribution in [0.3, 0.4) is 0 Å². The minimum Gasteiger partial charge on any atom is -0.354 e. The molecule has 4 nitrogen and oxygen atoms in total. The second-order valence-corrected chi connectivity index (χ2v) is 6.41. The molecule has 1 aromatic heterocycles. The van der Waals surface area contributed by atoms with E-state index >= 15 is 0 Å². The Balaban J connectivity index is 1.86. The van der Waals surface area contributed by atoms with Crippen LogP contribution in [0, 0.1) is 12.8 Å². The predicted octanol–water partition coefficient (Wildman–Crippen LogP) is 3.05. The summed E-state index contributed by atoms with van der Waals surface area (Å²) in [5.74, 6) is 1.85. The van der Waals surface area contributed by atoms with Crippen molar-refractivity contribution in [2.24, 2.45) is 5.92 Å². The molecule has 0 spiro atoms. The van der Waals surface area contributed by atoms with Gasteiger partial charge >= 0.3 is 0 Å². The van der Waals surface area contributed by atoms with Gasteiger partial charge in [0.15, 0.2) is 0 Å². The fourth-order valence-electron chi connectivity index (χ4n) is 2.70. The molecule has 2 heterocycles. The van der Waals surface area contributed by atoms with Gasteiger partial charge in [-0.2, -0.15) is 0 Å². The van der Waals surface area contributed by atoms with Gasteiger partial charge in [0.25, 0.3) is 0 Å². The Labute approximate surface area is 123 Å². The minimum atomic E-state index is 0.444. The number of aryl methyl sites for hydroxylation is 1. The summed E-state index contributed by atoms with van der Waals surface area (Å²) >= 11 is 0. The molecule has 112 valence electrons. The van der Waals surface area contributed by atoms with E-state index in [0.717, 1.165) is 23.9 Å². The van der Waals surface area contributed by atoms with Gasteiger partial charge in [-0.15, -0.1) is 0 Å². The van der Waals surface area contributed by atoms with Gasteiger partial charge in [0.2, 0.25) is 5.95 Å². The van der Waals surface area contributed by atoms with Crippen LogP contribution in [0.1, 0.15) is 50.9 Å². The van der Waals surface area contributed by atoms with Gasteiger partial charge in [0, 0.05) is 24.5 Å². The first kappa shape index (κ1) is 15.2. The zero-order valence-electron chi connectivity index (χ0n) is 13.3. The Morgan fingerprint density at radius 2 is 1.90 bits per heavy atom. The van der Waals surface area contributed by atoms with Gasteiger partial charge in [0.1, 0.15) is 0 Å². The second kappa shape index (κ2) is 7.02. The molecular weight excluding hydrogens is 248 g/mol. The summed E-state index contributed by atoms with van der Waals surface area (Å²) in [6.07, 6.45) is 2.72. The first-order chi connectivity index (χ1) is 9.54. The number of hydrogen-bond acceptors (Lipinski definition) is 4. The summed E-state index contributed by atoms with van der Waals surface area (Å²) in [6, 6.07) is 2.07. The highest BCUT2D eigenvalue weighted by atomic mass is 15.1. The predicted molar refractivity (Wildman–Crippen MR) is 84.2 cm³/mol. The van der Waals surface area contributed by atoms with E-state index in [1.165, 1.54) is 32.5 Å². The SMILES string of the molecule is Cc1cc(C(C)C)nc(NCC(C)CN2CCCC2)n1. The van der Waals surface area contributed by atoms with Gasteiger partial charge in [-0.25, -0.2) is 9.97 Å². The number of aromatic nitrogens is 2. The third kappa shape index (κ3) is 4.44. The summed E-state index contributed by atoms with van der Waals surface area (Å²) in [5, 5.41) is 3.41. The lowest BCUT2D eigenvalue weighted by atomic mass is 10.1. The van der Waals surface area contributed by atoms with Crippen molar-refractivity contribution < 1.29 is 0 Å². The Bertz CT molecular complexity index is 424. The number of rotatable bonds is 6.